The summed E-state index contributed by atoms with van der Waals surface area (Å²) >= 11 is 3.44. The van der Waals surface area contributed by atoms with Crippen molar-refractivity contribution < 1.29 is 28.6 Å². The number of nitrogens with zero attached hydrogens (tertiary/aromatic N) is 2. The van der Waals surface area contributed by atoms with Crippen LogP contribution >= 0.6 is 23.5 Å². The fourth-order valence-corrected chi connectivity index (χ4v) is 8.52. The van der Waals surface area contributed by atoms with Crippen LogP contribution in [0.25, 0.3) is 21.8 Å². The Bertz CT molecular complexity index is 2080. The number of benzene rings is 4. The number of hydrogen-bond donors (Lipinski definition) is 2. The van der Waals surface area contributed by atoms with Gasteiger partial charge in [-0.1, -0.05) is 38.1 Å². The van der Waals surface area contributed by atoms with E-state index in [1.807, 2.05) is 48.5 Å². The van der Waals surface area contributed by atoms with Crippen molar-refractivity contribution in [2.75, 3.05) is 11.5 Å². The Labute approximate surface area is 298 Å². The summed E-state index contributed by atoms with van der Waals surface area (Å²) in [5.41, 5.74) is 2.79. The van der Waals surface area contributed by atoms with Gasteiger partial charge in [-0.15, -0.1) is 23.5 Å². The van der Waals surface area contributed by atoms with Gasteiger partial charge in [0.05, 0.1) is 17.5 Å². The Balaban J connectivity index is 1.63. The minimum Gasteiger partial charge on any atom is -0.481 e. The molecule has 4 aromatic carbocycles. The molecule has 0 spiro atoms. The summed E-state index contributed by atoms with van der Waals surface area (Å²) in [4.78, 5) is 29.0. The molecule has 50 heavy (non-hydrogen) atoms. The largest absolute Gasteiger partial charge is 0.481 e. The van der Waals surface area contributed by atoms with Gasteiger partial charge in [0.1, 0.15) is 11.6 Å². The number of rotatable bonds is 13. The van der Waals surface area contributed by atoms with Gasteiger partial charge in [0.25, 0.3) is 0 Å². The maximum Gasteiger partial charge on any atom is 0.352 e. The lowest BCUT2D eigenvalue weighted by Gasteiger charge is -2.36. The molecule has 258 valence electrons. The number of aromatic nitrogens is 2. The molecular formula is C40H38F2N2O4S2. The summed E-state index contributed by atoms with van der Waals surface area (Å²) in [6.45, 7) is 7.67. The second kappa shape index (κ2) is 14.4. The molecule has 0 radical (unpaired) electrons. The number of aliphatic carboxylic acids is 2. The number of fused-ring (bicyclic) bond motifs is 2. The van der Waals surface area contributed by atoms with Gasteiger partial charge >= 0.3 is 11.9 Å². The fraction of sp³-hybridized carbons (Fsp3) is 0.250. The number of carbonyl (C=O) groups is 2. The third-order valence-corrected chi connectivity index (χ3v) is 11.1. The van der Waals surface area contributed by atoms with E-state index in [2.05, 4.69) is 13.8 Å². The van der Waals surface area contributed by atoms with E-state index in [0.717, 1.165) is 32.4 Å². The molecule has 0 aliphatic carbocycles. The molecule has 0 saturated heterocycles. The van der Waals surface area contributed by atoms with Crippen molar-refractivity contribution in [3.05, 3.63) is 130 Å². The predicted octanol–water partition coefficient (Wildman–Crippen LogP) is 9.66. The third kappa shape index (κ3) is 6.42. The molecular weight excluding hydrogens is 675 g/mol. The first-order valence-electron chi connectivity index (χ1n) is 16.5. The van der Waals surface area contributed by atoms with Crippen LogP contribution < -0.4 is 0 Å². The van der Waals surface area contributed by atoms with Crippen LogP contribution in [0.1, 0.15) is 53.9 Å². The second-order valence-corrected chi connectivity index (χ2v) is 15.0. The molecule has 0 atom stereocenters. The van der Waals surface area contributed by atoms with Crippen LogP contribution in [-0.2, 0) is 28.1 Å². The first kappa shape index (κ1) is 35.3. The Morgan fingerprint density at radius 1 is 0.660 bits per heavy atom. The zero-order valence-electron chi connectivity index (χ0n) is 28.3. The minimum atomic E-state index is -2.24. The van der Waals surface area contributed by atoms with Crippen molar-refractivity contribution in [2.24, 2.45) is 0 Å². The molecule has 0 fully saturated rings. The maximum absolute atomic E-state index is 14.9. The van der Waals surface area contributed by atoms with Gasteiger partial charge in [0, 0.05) is 32.0 Å². The van der Waals surface area contributed by atoms with Gasteiger partial charge in [0.15, 0.2) is 0 Å². The van der Waals surface area contributed by atoms with Gasteiger partial charge in [-0.2, -0.15) is 0 Å². The average Bonchev–Trinajstić information content (AvgIpc) is 3.50. The van der Waals surface area contributed by atoms with E-state index in [0.29, 0.717) is 57.2 Å². The Kier molecular flexibility index (Phi) is 10.1. The molecule has 0 aliphatic heterocycles. The standard InChI is InChI=1S/C40H38F2N2O4S2/c1-5-49-30-13-7-26(8-14-30)19-32-24(3)43(36-17-11-28(41)21-34(32)36)40(39(47)48,23-38(45)46)44-25(4)33(35-22-29(42)12-18-37(35)44)20-27-9-15-31(16-10-27)50-6-2/h7-18,21-22H,5-6,19-20,23H2,1-4H3,(H,45,46)(H,47,48). The van der Waals surface area contributed by atoms with Crippen molar-refractivity contribution in [1.29, 1.82) is 0 Å². The number of carboxylic acid groups (broad SMARTS) is 2. The van der Waals surface area contributed by atoms with E-state index < -0.39 is 35.7 Å². The molecule has 2 heterocycles. The monoisotopic (exact) mass is 712 g/mol. The predicted molar refractivity (Wildman–Crippen MR) is 198 cm³/mol. The quantitative estimate of drug-likeness (QED) is 0.116. The number of carboxylic acids is 2. The minimum absolute atomic E-state index is 0.368. The molecule has 6 aromatic rings. The molecule has 0 unspecified atom stereocenters. The van der Waals surface area contributed by atoms with Crippen molar-refractivity contribution in [2.45, 2.75) is 62.4 Å². The lowest BCUT2D eigenvalue weighted by molar-refractivity contribution is -0.156. The van der Waals surface area contributed by atoms with E-state index in [9.17, 15) is 28.6 Å². The van der Waals surface area contributed by atoms with Crippen molar-refractivity contribution >= 4 is 57.3 Å². The highest BCUT2D eigenvalue weighted by Gasteiger charge is 2.49. The van der Waals surface area contributed by atoms with E-state index in [-0.39, 0.29) is 0 Å². The smallest absolute Gasteiger partial charge is 0.352 e. The van der Waals surface area contributed by atoms with Gasteiger partial charge in [-0.05, 0) is 121 Å². The molecule has 0 saturated carbocycles. The van der Waals surface area contributed by atoms with Crippen LogP contribution in [0.15, 0.2) is 94.7 Å². The highest BCUT2D eigenvalue weighted by atomic mass is 32.2. The van der Waals surface area contributed by atoms with Crippen LogP contribution in [0.3, 0.4) is 0 Å². The van der Waals surface area contributed by atoms with Gasteiger partial charge in [0.2, 0.25) is 5.66 Å². The van der Waals surface area contributed by atoms with Crippen LogP contribution in [0.2, 0.25) is 0 Å². The van der Waals surface area contributed by atoms with Crippen molar-refractivity contribution in [1.82, 2.24) is 9.13 Å². The molecule has 0 amide bonds. The maximum atomic E-state index is 14.9. The third-order valence-electron chi connectivity index (χ3n) is 9.30. The molecule has 2 aromatic heterocycles. The summed E-state index contributed by atoms with van der Waals surface area (Å²) in [5, 5.41) is 22.8. The molecule has 6 rings (SSSR count). The summed E-state index contributed by atoms with van der Waals surface area (Å²) in [6.07, 6.45) is -0.100. The van der Waals surface area contributed by atoms with Crippen molar-refractivity contribution in [3.8, 4) is 0 Å². The van der Waals surface area contributed by atoms with Crippen LogP contribution in [-0.4, -0.2) is 42.8 Å². The average molecular weight is 713 g/mol. The molecule has 6 nitrogen and oxygen atoms in total. The van der Waals surface area contributed by atoms with E-state index in [4.69, 9.17) is 0 Å². The van der Waals surface area contributed by atoms with E-state index in [1.165, 1.54) is 45.5 Å². The summed E-state index contributed by atoms with van der Waals surface area (Å²) in [7, 11) is 0. The Morgan fingerprint density at radius 2 is 1.06 bits per heavy atom. The molecule has 10 heteroatoms. The number of halogens is 2. The Morgan fingerprint density at radius 3 is 1.40 bits per heavy atom. The zero-order valence-corrected chi connectivity index (χ0v) is 29.9. The van der Waals surface area contributed by atoms with Crippen LogP contribution in [0.4, 0.5) is 8.78 Å². The molecule has 2 N–H and O–H groups in total. The first-order chi connectivity index (χ1) is 24.0. The summed E-state index contributed by atoms with van der Waals surface area (Å²) in [6, 6.07) is 24.4. The van der Waals surface area contributed by atoms with Crippen LogP contribution in [0, 0.1) is 25.5 Å². The fourth-order valence-electron chi connectivity index (χ4n) is 7.20. The number of hydrogen-bond acceptors (Lipinski definition) is 4. The van der Waals surface area contributed by atoms with Gasteiger partial charge in [-0.25, -0.2) is 13.6 Å². The Hall–Kier alpha value is -4.54. The SMILES string of the molecule is CCSc1ccc(Cc2c(C)n(C(CC(=O)O)(C(=O)O)n3c(C)c(Cc4ccc(SCC)cc4)c4cc(F)ccc43)c3ccc(F)cc23)cc1. The van der Waals surface area contributed by atoms with Crippen LogP contribution in [0.5, 0.6) is 0 Å². The lowest BCUT2D eigenvalue weighted by atomic mass is 10.0. The van der Waals surface area contributed by atoms with Gasteiger partial charge in [-0.3, -0.25) is 4.79 Å². The molecule has 0 aliphatic rings. The molecule has 0 bridgehead atoms. The normalized spacial score (nSPS) is 11.9. The van der Waals surface area contributed by atoms with E-state index >= 15 is 0 Å². The lowest BCUT2D eigenvalue weighted by Crippen LogP contribution is -2.51. The van der Waals surface area contributed by atoms with E-state index in [1.54, 1.807) is 37.4 Å². The second-order valence-electron chi connectivity index (χ2n) is 12.3. The topological polar surface area (TPSA) is 84.5 Å². The highest BCUT2D eigenvalue weighted by Crippen LogP contribution is 2.42. The summed E-state index contributed by atoms with van der Waals surface area (Å²) in [5.74, 6) is -1.87. The first-order valence-corrected chi connectivity index (χ1v) is 18.4. The summed E-state index contributed by atoms with van der Waals surface area (Å²) < 4.78 is 33.0. The zero-order chi connectivity index (χ0) is 35.7. The van der Waals surface area contributed by atoms with Crippen molar-refractivity contribution in [3.63, 3.8) is 0 Å². The number of thioether (sulfide) groups is 2. The highest BCUT2D eigenvalue weighted by molar-refractivity contribution is 7.99. The van der Waals surface area contributed by atoms with Gasteiger partial charge < -0.3 is 19.3 Å².